The van der Waals surface area contributed by atoms with Crippen LogP contribution in [-0.2, 0) is 115 Å². The summed E-state index contributed by atoms with van der Waals surface area (Å²) >= 11 is 0.845. The molecule has 15 amide bonds. The first-order valence-corrected chi connectivity index (χ1v) is 46.3. The van der Waals surface area contributed by atoms with Crippen LogP contribution in [0, 0.1) is 11.8 Å². The number of quaternary nitrogens is 1. The van der Waals surface area contributed by atoms with Crippen LogP contribution in [0.25, 0.3) is 10.9 Å². The van der Waals surface area contributed by atoms with E-state index in [0.717, 1.165) is 16.7 Å². The summed E-state index contributed by atoms with van der Waals surface area (Å²) in [5, 5.41) is 56.8. The number of primary amides is 1. The number of anilines is 1. The fraction of sp³-hybridized carbons (Fsp3) is 0.443. The molecule has 3 saturated heterocycles. The maximum absolute atomic E-state index is 16.2. The van der Waals surface area contributed by atoms with Crippen molar-refractivity contribution < 1.29 is 96.5 Å². The molecular weight excluding hydrogens is 1730 g/mol. The molecule has 0 spiro atoms. The monoisotopic (exact) mass is 1850 g/mol. The predicted octanol–water partition coefficient (Wildman–Crippen LogP) is 3.42. The van der Waals surface area contributed by atoms with Crippen molar-refractivity contribution in [2.75, 3.05) is 57.2 Å². The number of phenolic OH excluding ortho intramolecular Hbond substituents is 2. The van der Waals surface area contributed by atoms with E-state index < -0.39 is 202 Å². The second-order valence-corrected chi connectivity index (χ2v) is 36.7. The maximum atomic E-state index is 16.2. The first kappa shape index (κ1) is 100. The van der Waals surface area contributed by atoms with Gasteiger partial charge >= 0.3 is 11.9 Å². The number of rotatable bonds is 21. The second kappa shape index (κ2) is 46.0. The van der Waals surface area contributed by atoms with Crippen molar-refractivity contribution in [3.05, 3.63) is 197 Å². The van der Waals surface area contributed by atoms with Crippen molar-refractivity contribution in [1.29, 1.82) is 0 Å². The molecule has 15 N–H and O–H groups in total. The average Bonchev–Trinajstić information content (AvgIpc) is 1.65. The fourth-order valence-corrected chi connectivity index (χ4v) is 18.6. The third-order valence-corrected chi connectivity index (χ3v) is 26.1. The van der Waals surface area contributed by atoms with E-state index in [0.29, 0.717) is 62.8 Å². The van der Waals surface area contributed by atoms with E-state index in [2.05, 4.69) is 52.8 Å². The van der Waals surface area contributed by atoms with E-state index in [1.165, 1.54) is 84.4 Å². The van der Waals surface area contributed by atoms with Crippen LogP contribution in [0.1, 0.15) is 126 Å². The molecule has 1 unspecified atom stereocenters. The van der Waals surface area contributed by atoms with Gasteiger partial charge in [-0.1, -0.05) is 163 Å². The minimum atomic E-state index is -1.89. The lowest BCUT2D eigenvalue weighted by atomic mass is 9.97. The number of carbonyl (C=O) groups is 16. The van der Waals surface area contributed by atoms with Crippen LogP contribution in [0.2, 0.25) is 0 Å². The summed E-state index contributed by atoms with van der Waals surface area (Å²) in [5.41, 5.74) is 9.58. The van der Waals surface area contributed by atoms with Gasteiger partial charge in [-0.15, -0.1) is 11.8 Å². The van der Waals surface area contributed by atoms with Gasteiger partial charge in [-0.2, -0.15) is 0 Å². The van der Waals surface area contributed by atoms with Crippen molar-refractivity contribution in [3.63, 3.8) is 0 Å². The molecule has 36 heteroatoms. The first-order valence-electron chi connectivity index (χ1n) is 45.1. The highest BCUT2D eigenvalue weighted by Crippen LogP contribution is 2.34. The Morgan fingerprint density at radius 1 is 0.549 bits per heavy atom. The zero-order valence-corrected chi connectivity index (χ0v) is 76.8. The molecule has 35 nitrogen and oxygen atoms in total. The summed E-state index contributed by atoms with van der Waals surface area (Å²) in [5.74, 6) is -16.5. The lowest BCUT2D eigenvalue weighted by Crippen LogP contribution is -2.66. The number of aromatic amines is 1. The molecule has 4 aliphatic rings. The van der Waals surface area contributed by atoms with Gasteiger partial charge in [0.2, 0.25) is 70.9 Å². The van der Waals surface area contributed by atoms with Gasteiger partial charge in [0.1, 0.15) is 84.0 Å². The molecule has 4 bridgehead atoms. The number of amides is 15. The van der Waals surface area contributed by atoms with Gasteiger partial charge in [0, 0.05) is 101 Å². The van der Waals surface area contributed by atoms with Crippen LogP contribution >= 0.6 is 11.8 Å². The molecule has 11 rings (SSSR count). The number of hydrogen-bond acceptors (Lipinski definition) is 19. The zero-order chi connectivity index (χ0) is 96.1. The number of thioether (sulfide) groups is 1. The van der Waals surface area contributed by atoms with Crippen LogP contribution in [0.3, 0.4) is 0 Å². The summed E-state index contributed by atoms with van der Waals surface area (Å²) in [6.07, 6.45) is 0.950. The molecule has 4 aliphatic heterocycles. The highest BCUT2D eigenvalue weighted by Gasteiger charge is 2.53. The van der Waals surface area contributed by atoms with Gasteiger partial charge in [-0.05, 0) is 113 Å². The number of carbonyl (C=O) groups excluding carboxylic acids is 15. The molecule has 133 heavy (non-hydrogen) atoms. The number of likely N-dealkylation sites (N-methyl/N-ethyl adjacent to an activating group) is 3. The van der Waals surface area contributed by atoms with E-state index in [1.54, 1.807) is 143 Å². The number of hydrogen-bond donors (Lipinski definition) is 14. The number of aromatic hydroxyl groups is 2. The van der Waals surface area contributed by atoms with Crippen molar-refractivity contribution in [1.82, 2.24) is 67.5 Å². The van der Waals surface area contributed by atoms with Crippen LogP contribution in [-0.4, -0.2) is 265 Å². The highest BCUT2D eigenvalue weighted by molar-refractivity contribution is 8.00. The lowest BCUT2D eigenvalue weighted by Gasteiger charge is -2.38. The number of unbranched alkanes of at least 4 members (excludes halogenated alkanes) is 1. The predicted molar refractivity (Wildman–Crippen MR) is 495 cm³/mol. The summed E-state index contributed by atoms with van der Waals surface area (Å²) < 4.78 is -0.671. The Morgan fingerprint density at radius 3 is 1.75 bits per heavy atom. The molecule has 14 atom stereocenters. The Labute approximate surface area is 776 Å². The minimum absolute atomic E-state index is 0.0162. The number of aromatic nitrogens is 1. The second-order valence-electron chi connectivity index (χ2n) is 35.7. The topological polar surface area (TPSA) is 497 Å². The quantitative estimate of drug-likeness (QED) is 0.0458. The number of carboxylic acid groups (broad SMARTS) is 1. The lowest BCUT2D eigenvalue weighted by molar-refractivity contribution is -0.838. The number of H-pyrrole nitrogens is 1. The van der Waals surface area contributed by atoms with Crippen molar-refractivity contribution in [2.24, 2.45) is 17.6 Å². The molecule has 0 aliphatic carbocycles. The van der Waals surface area contributed by atoms with E-state index in [9.17, 15) is 39.3 Å². The summed E-state index contributed by atoms with van der Waals surface area (Å²) in [6, 6.07) is 23.5. The van der Waals surface area contributed by atoms with Crippen LogP contribution < -0.4 is 58.5 Å². The first-order chi connectivity index (χ1) is 63.5. The van der Waals surface area contributed by atoms with Gasteiger partial charge < -0.3 is 88.6 Å². The Balaban J connectivity index is 0.985. The Kier molecular flexibility index (Phi) is 34.6. The SMILES string of the molecule is CCCC[C@H]1C(=O)N2CCC[C@H]2C(=O)N[C@@H](CC(=O)O)C(=O)N[C@@H](C(C)C)C(=O)N(C)[C@@H](Cc2ccccc2)C(=O)N[C@@H](Cc2ccc(O)cc2)C(=O)[N+]2(C)CCC[C@H]2C(=O)N[C@@H](Cc2c[nH]c3ccccc23)C(=O)N[C@@H](Cc2ccc(O)cc2)C(=O)N[C@@H](CC(C)C)C(=O)N[C@H](C(=O)NCC(N)=O)CSCC(=O)N[C@@H](Cc2ccccc2)C(=O)N(C)[C@H]2Cc3cccc(c3)N1C2=O. The van der Waals surface area contributed by atoms with E-state index in [4.69, 9.17) is 5.73 Å². The number of benzene rings is 6. The van der Waals surface area contributed by atoms with Gasteiger partial charge in [0.25, 0.3) is 11.8 Å². The Hall–Kier alpha value is -13.5. The molecule has 3 fully saturated rings. The van der Waals surface area contributed by atoms with Crippen LogP contribution in [0.4, 0.5) is 5.69 Å². The van der Waals surface area contributed by atoms with Crippen molar-refractivity contribution >= 4 is 123 Å². The van der Waals surface area contributed by atoms with E-state index in [-0.39, 0.29) is 113 Å². The molecular formula is C97H121N16O19S+. The highest BCUT2D eigenvalue weighted by atomic mass is 32.2. The summed E-state index contributed by atoms with van der Waals surface area (Å²) in [7, 11) is 4.25. The maximum Gasteiger partial charge on any atom is 0.336 e. The van der Waals surface area contributed by atoms with E-state index in [1.807, 2.05) is 6.92 Å². The van der Waals surface area contributed by atoms with Crippen molar-refractivity contribution in [2.45, 2.75) is 209 Å². The van der Waals surface area contributed by atoms with E-state index >= 15 is 52.7 Å². The van der Waals surface area contributed by atoms with Gasteiger partial charge in [-0.25, -0.2) is 4.79 Å². The van der Waals surface area contributed by atoms with Gasteiger partial charge in [-0.3, -0.25) is 81.3 Å². The molecule has 1 aromatic heterocycles. The molecule has 0 radical (unpaired) electrons. The normalized spacial score (nSPS) is 24.9. The fourth-order valence-electron chi connectivity index (χ4n) is 17.8. The minimum Gasteiger partial charge on any atom is -0.508 e. The van der Waals surface area contributed by atoms with Gasteiger partial charge in [0.15, 0.2) is 6.04 Å². The molecule has 6 aromatic carbocycles. The van der Waals surface area contributed by atoms with Crippen LogP contribution in [0.5, 0.6) is 11.5 Å². The largest absolute Gasteiger partial charge is 0.508 e. The summed E-state index contributed by atoms with van der Waals surface area (Å²) in [6.45, 7) is 7.90. The molecule has 0 saturated carbocycles. The Bertz CT molecular complexity index is 5390. The number of carboxylic acids is 1. The number of aliphatic carboxylic acids is 1. The number of phenols is 2. The molecule has 708 valence electrons. The zero-order valence-electron chi connectivity index (χ0n) is 76.0. The smallest absolute Gasteiger partial charge is 0.336 e. The number of nitrogens with zero attached hydrogens (tertiary/aromatic N) is 5. The number of fused-ring (bicyclic) bond motifs is 8. The number of para-hydroxylation sites is 1. The average molecular weight is 1850 g/mol. The van der Waals surface area contributed by atoms with Gasteiger partial charge in [0.05, 0.1) is 32.3 Å². The molecule has 5 heterocycles. The Morgan fingerprint density at radius 2 is 1.12 bits per heavy atom. The van der Waals surface area contributed by atoms with Crippen LogP contribution in [0.15, 0.2) is 164 Å². The third kappa shape index (κ3) is 26.0. The summed E-state index contributed by atoms with van der Waals surface area (Å²) in [4.78, 5) is 249. The number of nitrogens with two attached hydrogens (primary N) is 1. The standard InChI is InChI=1S/C97H120N16O19S/c1-9-10-30-77-94(129)111-41-20-31-76(111)90(125)104-72(51-83(118)119)89(124)108-84(57(4)5)96(131)109(6)78(48-59-24-15-12-16-25-59)91(126)106-74(47-61-35-39-66(115)40-36-61)97(132)113(8)42-21-32-80(113)92(127)105-71(50-63-52-99-68-29-18-17-28-67(63)68)88(123)103-70(45-60-33-37-65(114)38-34-60)87(122)102-69(43-56(2)3)86(121)107-75(85(120)100-53-81(98)116)54-133-55-82(117)101-73(46-58-22-13-11-14-23-58)93(128)110(7)79-49-62-26-19-27-64(44-62)112(77)95(79)130/h11-19,22-29,33-40,44,52,56-57,69-80,84,99H,9-10,20-21,30-32,41-43,45-51,53-55H2,1-8H3,(H13-,98,100,101,102,103,104,105,106,107,108,114,115,116,117,118,119,120,121,122,123,124,125,126,127)/p+1/t69-,70-,71-,72-,73-,74-,75-,76-,77-,78-,79-,80-,84-,113?/m0/s1. The number of nitrogens with one attached hydrogen (secondary N) is 10. The third-order valence-electron chi connectivity index (χ3n) is 25.0. The van der Waals surface area contributed by atoms with Crippen molar-refractivity contribution in [3.8, 4) is 11.5 Å². The molecule has 7 aromatic rings.